The molecule has 0 bridgehead atoms. The first kappa shape index (κ1) is 16.2. The van der Waals surface area contributed by atoms with Crippen molar-refractivity contribution in [3.8, 4) is 5.88 Å². The van der Waals surface area contributed by atoms with Gasteiger partial charge in [-0.25, -0.2) is 14.4 Å². The molecule has 0 spiro atoms. The molecule has 1 aliphatic heterocycles. The largest absolute Gasteiger partial charge is 0.468 e. The van der Waals surface area contributed by atoms with E-state index in [9.17, 15) is 9.18 Å². The average Bonchev–Trinajstić information content (AvgIpc) is 3.02. The van der Waals surface area contributed by atoms with E-state index in [0.29, 0.717) is 13.1 Å². The minimum Gasteiger partial charge on any atom is -0.468 e. The molecule has 0 fully saturated rings. The van der Waals surface area contributed by atoms with Gasteiger partial charge in [-0.1, -0.05) is 0 Å². The number of rotatable bonds is 3. The standard InChI is InChI=1S/C18H16FN5O2/c19-15-4-1-5-22-17(15)26-14-11-23-8-2-3-13(23)10-24(12-14)18(25)16-9-20-6-7-21-16/h1-9,14H,10-12H2/t14-/m0/s1. The molecule has 0 saturated heterocycles. The summed E-state index contributed by atoms with van der Waals surface area (Å²) in [4.78, 5) is 26.4. The van der Waals surface area contributed by atoms with Gasteiger partial charge in [0.1, 0.15) is 11.8 Å². The van der Waals surface area contributed by atoms with Crippen LogP contribution >= 0.6 is 0 Å². The molecule has 26 heavy (non-hydrogen) atoms. The van der Waals surface area contributed by atoms with Crippen LogP contribution in [0.3, 0.4) is 0 Å². The number of nitrogens with zero attached hydrogens (tertiary/aromatic N) is 5. The molecule has 1 atom stereocenters. The first-order valence-corrected chi connectivity index (χ1v) is 8.17. The third-order valence-corrected chi connectivity index (χ3v) is 4.17. The highest BCUT2D eigenvalue weighted by Gasteiger charge is 2.28. The SMILES string of the molecule is O=C(c1cnccn1)N1Cc2cccn2C[C@H](Oc2ncccc2F)C1. The Balaban J connectivity index is 1.61. The number of aromatic nitrogens is 4. The Morgan fingerprint density at radius 3 is 2.88 bits per heavy atom. The van der Waals surface area contributed by atoms with Crippen molar-refractivity contribution in [2.45, 2.75) is 19.2 Å². The molecule has 0 aromatic carbocycles. The molecule has 8 heteroatoms. The van der Waals surface area contributed by atoms with E-state index in [1.807, 2.05) is 22.9 Å². The van der Waals surface area contributed by atoms with Gasteiger partial charge in [-0.05, 0) is 24.3 Å². The summed E-state index contributed by atoms with van der Waals surface area (Å²) in [6.07, 6.45) is 7.36. The highest BCUT2D eigenvalue weighted by Crippen LogP contribution is 2.20. The second-order valence-corrected chi connectivity index (χ2v) is 5.96. The fourth-order valence-corrected chi connectivity index (χ4v) is 2.97. The van der Waals surface area contributed by atoms with Crippen LogP contribution in [0, 0.1) is 5.82 Å². The maximum atomic E-state index is 13.9. The second kappa shape index (κ2) is 6.91. The van der Waals surface area contributed by atoms with E-state index in [1.54, 1.807) is 4.90 Å². The first-order chi connectivity index (χ1) is 12.7. The lowest BCUT2D eigenvalue weighted by molar-refractivity contribution is 0.0634. The second-order valence-electron chi connectivity index (χ2n) is 5.96. The van der Waals surface area contributed by atoms with Gasteiger partial charge in [0.25, 0.3) is 11.8 Å². The lowest BCUT2D eigenvalue weighted by Crippen LogP contribution is -2.39. The Kier molecular flexibility index (Phi) is 4.30. The van der Waals surface area contributed by atoms with Crippen molar-refractivity contribution in [2.75, 3.05) is 6.54 Å². The summed E-state index contributed by atoms with van der Waals surface area (Å²) in [6, 6.07) is 6.65. The number of hydrogen-bond acceptors (Lipinski definition) is 5. The summed E-state index contributed by atoms with van der Waals surface area (Å²) >= 11 is 0. The van der Waals surface area contributed by atoms with Crippen LogP contribution in [-0.2, 0) is 13.1 Å². The van der Waals surface area contributed by atoms with Gasteiger partial charge in [-0.15, -0.1) is 0 Å². The topological polar surface area (TPSA) is 73.1 Å². The first-order valence-electron chi connectivity index (χ1n) is 8.17. The molecule has 0 radical (unpaired) electrons. The third kappa shape index (κ3) is 3.26. The molecule has 1 amide bonds. The van der Waals surface area contributed by atoms with E-state index in [-0.39, 0.29) is 24.0 Å². The van der Waals surface area contributed by atoms with Crippen LogP contribution in [0.2, 0.25) is 0 Å². The Morgan fingerprint density at radius 1 is 1.15 bits per heavy atom. The number of halogens is 1. The van der Waals surface area contributed by atoms with Gasteiger partial charge in [0.15, 0.2) is 5.82 Å². The predicted octanol–water partition coefficient (Wildman–Crippen LogP) is 1.92. The van der Waals surface area contributed by atoms with Crippen LogP contribution in [0.1, 0.15) is 16.2 Å². The zero-order valence-corrected chi connectivity index (χ0v) is 13.8. The van der Waals surface area contributed by atoms with E-state index in [0.717, 1.165) is 5.69 Å². The molecule has 4 rings (SSSR count). The summed E-state index contributed by atoms with van der Waals surface area (Å²) in [7, 11) is 0. The summed E-state index contributed by atoms with van der Waals surface area (Å²) in [6.45, 7) is 1.18. The molecule has 132 valence electrons. The van der Waals surface area contributed by atoms with Gasteiger partial charge in [-0.3, -0.25) is 9.78 Å². The summed E-state index contributed by atoms with van der Waals surface area (Å²) in [5.41, 5.74) is 1.23. The Labute approximate surface area is 149 Å². The van der Waals surface area contributed by atoms with Gasteiger partial charge in [0, 0.05) is 30.5 Å². The fraction of sp³-hybridized carbons (Fsp3) is 0.222. The highest BCUT2D eigenvalue weighted by molar-refractivity contribution is 5.92. The Morgan fingerprint density at radius 2 is 2.08 bits per heavy atom. The van der Waals surface area contributed by atoms with Crippen molar-refractivity contribution >= 4 is 5.91 Å². The van der Waals surface area contributed by atoms with Crippen LogP contribution in [0.15, 0.2) is 55.2 Å². The number of pyridine rings is 1. The number of fused-ring (bicyclic) bond motifs is 1. The van der Waals surface area contributed by atoms with E-state index < -0.39 is 11.9 Å². The van der Waals surface area contributed by atoms with E-state index >= 15 is 0 Å². The number of ether oxygens (including phenoxy) is 1. The summed E-state index contributed by atoms with van der Waals surface area (Å²) in [5, 5.41) is 0. The van der Waals surface area contributed by atoms with Gasteiger partial charge < -0.3 is 14.2 Å². The monoisotopic (exact) mass is 353 g/mol. The number of carbonyl (C=O) groups excluding carboxylic acids is 1. The minimum atomic E-state index is -0.531. The summed E-state index contributed by atoms with van der Waals surface area (Å²) < 4.78 is 21.7. The van der Waals surface area contributed by atoms with E-state index in [1.165, 1.54) is 36.9 Å². The molecule has 1 aliphatic rings. The van der Waals surface area contributed by atoms with Crippen molar-refractivity contribution in [3.05, 3.63) is 72.5 Å². The van der Waals surface area contributed by atoms with Crippen molar-refractivity contribution in [2.24, 2.45) is 0 Å². The highest BCUT2D eigenvalue weighted by atomic mass is 19.1. The number of carbonyl (C=O) groups is 1. The third-order valence-electron chi connectivity index (χ3n) is 4.17. The predicted molar refractivity (Wildman–Crippen MR) is 89.8 cm³/mol. The number of amides is 1. The van der Waals surface area contributed by atoms with Crippen LogP contribution in [-0.4, -0.2) is 43.0 Å². The minimum absolute atomic E-state index is 0.0694. The van der Waals surface area contributed by atoms with Gasteiger partial charge >= 0.3 is 0 Å². The fourth-order valence-electron chi connectivity index (χ4n) is 2.97. The van der Waals surface area contributed by atoms with Crippen LogP contribution < -0.4 is 4.74 Å². The molecular formula is C18H16FN5O2. The quantitative estimate of drug-likeness (QED) is 0.719. The van der Waals surface area contributed by atoms with Gasteiger partial charge in [-0.2, -0.15) is 0 Å². The molecule has 0 N–H and O–H groups in total. The van der Waals surface area contributed by atoms with Crippen LogP contribution in [0.4, 0.5) is 4.39 Å². The lowest BCUT2D eigenvalue weighted by atomic mass is 10.3. The van der Waals surface area contributed by atoms with Crippen molar-refractivity contribution in [1.82, 2.24) is 24.4 Å². The van der Waals surface area contributed by atoms with Crippen LogP contribution in [0.25, 0.3) is 0 Å². The molecule has 0 aliphatic carbocycles. The van der Waals surface area contributed by atoms with Gasteiger partial charge in [0.2, 0.25) is 0 Å². The van der Waals surface area contributed by atoms with Crippen molar-refractivity contribution in [1.29, 1.82) is 0 Å². The maximum absolute atomic E-state index is 13.9. The zero-order chi connectivity index (χ0) is 17.9. The normalized spacial score (nSPS) is 16.7. The molecule has 3 aromatic heterocycles. The smallest absolute Gasteiger partial charge is 0.274 e. The van der Waals surface area contributed by atoms with Gasteiger partial charge in [0.05, 0.1) is 25.8 Å². The van der Waals surface area contributed by atoms with Crippen molar-refractivity contribution in [3.63, 3.8) is 0 Å². The average molecular weight is 353 g/mol. The van der Waals surface area contributed by atoms with Crippen LogP contribution in [0.5, 0.6) is 5.88 Å². The zero-order valence-electron chi connectivity index (χ0n) is 13.8. The van der Waals surface area contributed by atoms with Crippen molar-refractivity contribution < 1.29 is 13.9 Å². The molecule has 0 saturated carbocycles. The van der Waals surface area contributed by atoms with E-state index in [2.05, 4.69) is 15.0 Å². The number of hydrogen-bond donors (Lipinski definition) is 0. The lowest BCUT2D eigenvalue weighted by Gasteiger charge is -2.24. The maximum Gasteiger partial charge on any atom is 0.274 e. The molecule has 7 nitrogen and oxygen atoms in total. The molecule has 4 heterocycles. The van der Waals surface area contributed by atoms with E-state index in [4.69, 9.17) is 4.74 Å². The molecule has 3 aromatic rings. The summed E-state index contributed by atoms with van der Waals surface area (Å²) in [5.74, 6) is -0.848. The molecular weight excluding hydrogens is 337 g/mol. The Hall–Kier alpha value is -3.29. The molecule has 0 unspecified atom stereocenters. The Bertz CT molecular complexity index is 915.